The molecule has 0 spiro atoms. The highest BCUT2D eigenvalue weighted by Gasteiger charge is 2.16. The summed E-state index contributed by atoms with van der Waals surface area (Å²) in [6.07, 6.45) is 0. The van der Waals surface area contributed by atoms with Gasteiger partial charge in [0.15, 0.2) is 16.0 Å². The molecule has 2 heterocycles. The number of amides is 1. The number of hydrogen-bond acceptors (Lipinski definition) is 5. The molecule has 0 saturated carbocycles. The number of nitrogens with zero attached hydrogens (tertiary/aromatic N) is 1. The fourth-order valence-electron chi connectivity index (χ4n) is 2.68. The first-order chi connectivity index (χ1) is 14.9. The molecule has 0 saturated heterocycles. The number of carbonyl (C=O) groups is 1. The fraction of sp³-hybridized carbons (Fsp3) is 0. The molecule has 1 amide bonds. The number of halogens is 3. The molecule has 4 aromatic rings. The summed E-state index contributed by atoms with van der Waals surface area (Å²) in [4.78, 5) is 17.0. The summed E-state index contributed by atoms with van der Waals surface area (Å²) in [7, 11) is 0. The number of aromatic nitrogens is 1. The molecule has 156 valence electrons. The van der Waals surface area contributed by atoms with Gasteiger partial charge in [0.1, 0.15) is 5.76 Å². The summed E-state index contributed by atoms with van der Waals surface area (Å²) >= 11 is 22.3. The monoisotopic (exact) mass is 551 g/mol. The zero-order valence-electron chi connectivity index (χ0n) is 15.5. The van der Waals surface area contributed by atoms with E-state index in [0.29, 0.717) is 26.5 Å². The van der Waals surface area contributed by atoms with Crippen LogP contribution in [-0.2, 0) is 0 Å². The summed E-state index contributed by atoms with van der Waals surface area (Å²) < 4.78 is 6.62. The Kier molecular flexibility index (Phi) is 6.74. The number of carbonyl (C=O) groups excluding carboxylic acids is 1. The summed E-state index contributed by atoms with van der Waals surface area (Å²) in [5.74, 6) is 0.0204. The van der Waals surface area contributed by atoms with Gasteiger partial charge in [-0.05, 0) is 48.6 Å². The standard InChI is InChI=1S/C21H12BrCl2N3O2S2/c22-12-6-4-11(5-7-12)15-10-31-21(25-15)27-20(30)26-19(28)17-9-8-16(29-17)13-2-1-3-14(23)18(13)24/h1-10H,(H2,25,26,27,28,30). The Morgan fingerprint density at radius 3 is 2.65 bits per heavy atom. The van der Waals surface area contributed by atoms with Gasteiger partial charge in [0.05, 0.1) is 15.7 Å². The Morgan fingerprint density at radius 1 is 1.10 bits per heavy atom. The van der Waals surface area contributed by atoms with Gasteiger partial charge in [-0.2, -0.15) is 0 Å². The molecule has 0 radical (unpaired) electrons. The van der Waals surface area contributed by atoms with E-state index in [9.17, 15) is 4.79 Å². The lowest BCUT2D eigenvalue weighted by atomic mass is 10.2. The second-order valence-corrected chi connectivity index (χ2v) is 9.19. The number of thiazole rings is 1. The summed E-state index contributed by atoms with van der Waals surface area (Å²) in [6, 6.07) is 16.2. The Balaban J connectivity index is 1.40. The number of nitrogens with one attached hydrogen (secondary N) is 2. The van der Waals surface area contributed by atoms with E-state index >= 15 is 0 Å². The molecule has 4 rings (SSSR count). The number of hydrogen-bond donors (Lipinski definition) is 2. The molecule has 0 aliphatic rings. The van der Waals surface area contributed by atoms with Crippen LogP contribution < -0.4 is 10.6 Å². The quantitative estimate of drug-likeness (QED) is 0.261. The van der Waals surface area contributed by atoms with Gasteiger partial charge in [0.25, 0.3) is 5.91 Å². The lowest BCUT2D eigenvalue weighted by Gasteiger charge is -2.06. The molecule has 10 heteroatoms. The number of benzene rings is 2. The van der Waals surface area contributed by atoms with Crippen molar-refractivity contribution in [3.63, 3.8) is 0 Å². The maximum absolute atomic E-state index is 12.5. The van der Waals surface area contributed by atoms with Gasteiger partial charge in [0.2, 0.25) is 0 Å². The van der Waals surface area contributed by atoms with E-state index in [1.807, 2.05) is 29.6 Å². The van der Waals surface area contributed by atoms with Crippen LogP contribution in [0.4, 0.5) is 5.13 Å². The van der Waals surface area contributed by atoms with Crippen LogP contribution >= 0.6 is 62.7 Å². The van der Waals surface area contributed by atoms with Gasteiger partial charge in [-0.25, -0.2) is 4.98 Å². The van der Waals surface area contributed by atoms with Crippen LogP contribution in [0.15, 0.2) is 68.9 Å². The normalized spacial score (nSPS) is 10.7. The maximum Gasteiger partial charge on any atom is 0.293 e. The van der Waals surface area contributed by atoms with Gasteiger partial charge >= 0.3 is 0 Å². The molecule has 2 N–H and O–H groups in total. The molecular formula is C21H12BrCl2N3O2S2. The van der Waals surface area contributed by atoms with E-state index < -0.39 is 5.91 Å². The minimum absolute atomic E-state index is 0.0879. The Bertz CT molecular complexity index is 1270. The third kappa shape index (κ3) is 5.16. The van der Waals surface area contributed by atoms with Crippen LogP contribution in [0.1, 0.15) is 10.6 Å². The molecule has 31 heavy (non-hydrogen) atoms. The summed E-state index contributed by atoms with van der Waals surface area (Å²) in [5.41, 5.74) is 2.38. The number of anilines is 1. The topological polar surface area (TPSA) is 67.2 Å². The lowest BCUT2D eigenvalue weighted by Crippen LogP contribution is -2.33. The highest BCUT2D eigenvalue weighted by atomic mass is 79.9. The number of furan rings is 1. The highest BCUT2D eigenvalue weighted by molar-refractivity contribution is 9.10. The van der Waals surface area contributed by atoms with Crippen LogP contribution in [0.5, 0.6) is 0 Å². The van der Waals surface area contributed by atoms with Crippen molar-refractivity contribution in [2.24, 2.45) is 0 Å². The second-order valence-electron chi connectivity index (χ2n) is 6.22. The van der Waals surface area contributed by atoms with Gasteiger partial charge in [-0.15, -0.1) is 11.3 Å². The van der Waals surface area contributed by atoms with Crippen LogP contribution in [0.3, 0.4) is 0 Å². The first-order valence-electron chi connectivity index (χ1n) is 8.79. The molecular weight excluding hydrogens is 541 g/mol. The molecule has 0 fully saturated rings. The van der Waals surface area contributed by atoms with Gasteiger partial charge in [0, 0.05) is 21.0 Å². The van der Waals surface area contributed by atoms with Crippen molar-refractivity contribution < 1.29 is 9.21 Å². The zero-order chi connectivity index (χ0) is 22.0. The van der Waals surface area contributed by atoms with E-state index in [0.717, 1.165) is 15.7 Å². The van der Waals surface area contributed by atoms with Crippen LogP contribution in [0.2, 0.25) is 10.0 Å². The van der Waals surface area contributed by atoms with E-state index in [1.165, 1.54) is 11.3 Å². The molecule has 0 aliphatic heterocycles. The molecule has 0 atom stereocenters. The number of rotatable bonds is 4. The van der Waals surface area contributed by atoms with Crippen LogP contribution in [0, 0.1) is 0 Å². The molecule has 0 aliphatic carbocycles. The largest absolute Gasteiger partial charge is 0.451 e. The van der Waals surface area contributed by atoms with Crippen molar-refractivity contribution >= 4 is 78.8 Å². The van der Waals surface area contributed by atoms with E-state index in [-0.39, 0.29) is 10.9 Å². The molecule has 2 aromatic heterocycles. The lowest BCUT2D eigenvalue weighted by molar-refractivity contribution is 0.0951. The van der Waals surface area contributed by atoms with Crippen molar-refractivity contribution in [1.29, 1.82) is 0 Å². The predicted molar refractivity (Wildman–Crippen MR) is 133 cm³/mol. The third-order valence-electron chi connectivity index (χ3n) is 4.14. The zero-order valence-corrected chi connectivity index (χ0v) is 20.2. The van der Waals surface area contributed by atoms with Gasteiger partial charge in [-0.1, -0.05) is 57.3 Å². The number of thiocarbonyl (C=S) groups is 1. The van der Waals surface area contributed by atoms with Gasteiger partial charge < -0.3 is 9.73 Å². The van der Waals surface area contributed by atoms with Crippen molar-refractivity contribution in [2.45, 2.75) is 0 Å². The maximum atomic E-state index is 12.5. The SMILES string of the molecule is O=C(NC(=S)Nc1nc(-c2ccc(Br)cc2)cs1)c1ccc(-c2cccc(Cl)c2Cl)o1. The fourth-order valence-corrected chi connectivity index (χ4v) is 4.31. The van der Waals surface area contributed by atoms with Crippen LogP contribution in [0.25, 0.3) is 22.6 Å². The third-order valence-corrected chi connectivity index (χ3v) is 6.45. The first kappa shape index (κ1) is 22.0. The van der Waals surface area contributed by atoms with Crippen molar-refractivity contribution in [3.8, 4) is 22.6 Å². The Labute approximate surface area is 205 Å². The average Bonchev–Trinajstić information content (AvgIpc) is 3.40. The first-order valence-corrected chi connectivity index (χ1v) is 11.6. The minimum atomic E-state index is -0.494. The van der Waals surface area contributed by atoms with E-state index in [1.54, 1.807) is 30.3 Å². The predicted octanol–water partition coefficient (Wildman–Crippen LogP) is 7.27. The van der Waals surface area contributed by atoms with Crippen LogP contribution in [-0.4, -0.2) is 16.0 Å². The van der Waals surface area contributed by atoms with Crippen molar-refractivity contribution in [1.82, 2.24) is 10.3 Å². The van der Waals surface area contributed by atoms with Crippen molar-refractivity contribution in [2.75, 3.05) is 5.32 Å². The molecule has 5 nitrogen and oxygen atoms in total. The highest BCUT2D eigenvalue weighted by Crippen LogP contribution is 2.34. The van der Waals surface area contributed by atoms with Gasteiger partial charge in [-0.3, -0.25) is 10.1 Å². The summed E-state index contributed by atoms with van der Waals surface area (Å²) in [6.45, 7) is 0. The molecule has 2 aromatic carbocycles. The van der Waals surface area contributed by atoms with E-state index in [2.05, 4.69) is 31.5 Å². The van der Waals surface area contributed by atoms with E-state index in [4.69, 9.17) is 39.8 Å². The average molecular weight is 553 g/mol. The molecule has 0 unspecified atom stereocenters. The minimum Gasteiger partial charge on any atom is -0.451 e. The summed E-state index contributed by atoms with van der Waals surface area (Å²) in [5, 5.41) is 8.83. The molecule has 0 bridgehead atoms. The van der Waals surface area contributed by atoms with Crippen molar-refractivity contribution in [3.05, 3.63) is 80.3 Å². The second kappa shape index (κ2) is 9.50. The smallest absolute Gasteiger partial charge is 0.293 e. The Hall–Kier alpha value is -2.23. The Morgan fingerprint density at radius 2 is 1.87 bits per heavy atom.